The fraction of sp³-hybridized carbons (Fsp3) is 0.417. The Balaban J connectivity index is 2.07. The largest absolute Gasteiger partial charge is 0.324 e. The summed E-state index contributed by atoms with van der Waals surface area (Å²) in [5.74, 6) is -0.446. The number of anilines is 1. The van der Waals surface area contributed by atoms with Gasteiger partial charge in [0.15, 0.2) is 0 Å². The predicted octanol–water partition coefficient (Wildman–Crippen LogP) is 1.91. The lowest BCUT2D eigenvalue weighted by Gasteiger charge is -2.22. The molecule has 0 radical (unpaired) electrons. The zero-order chi connectivity index (χ0) is 11.6. The molecule has 1 aliphatic heterocycles. The Kier molecular flexibility index (Phi) is 2.92. The molecule has 3 nitrogen and oxygen atoms in total. The number of amides is 1. The Morgan fingerprint density at radius 3 is 3.00 bits per heavy atom. The molecule has 0 saturated carbocycles. The van der Waals surface area contributed by atoms with Crippen LogP contribution in [0.3, 0.4) is 0 Å². The Hall–Kier alpha value is -1.42. The van der Waals surface area contributed by atoms with Crippen LogP contribution in [-0.4, -0.2) is 18.0 Å². The van der Waals surface area contributed by atoms with E-state index in [0.29, 0.717) is 5.69 Å². The number of carbonyl (C=O) groups excluding carboxylic acids is 1. The first kappa shape index (κ1) is 11.1. The molecule has 2 N–H and O–H groups in total. The van der Waals surface area contributed by atoms with Crippen LogP contribution in [0.25, 0.3) is 0 Å². The van der Waals surface area contributed by atoms with E-state index in [-0.39, 0.29) is 11.7 Å². The van der Waals surface area contributed by atoms with Gasteiger partial charge in [0, 0.05) is 5.69 Å². The number of benzene rings is 1. The summed E-state index contributed by atoms with van der Waals surface area (Å²) in [6.45, 7) is 2.72. The van der Waals surface area contributed by atoms with Crippen molar-refractivity contribution in [1.82, 2.24) is 5.32 Å². The molecule has 1 fully saturated rings. The van der Waals surface area contributed by atoms with Crippen LogP contribution in [0.1, 0.15) is 19.8 Å². The standard InChI is InChI=1S/C12H15FN2O/c1-12(6-3-7-14-12)11(16)15-10-5-2-4-9(13)8-10/h2,4-5,8,14H,3,6-7H2,1H3,(H,15,16). The van der Waals surface area contributed by atoms with E-state index in [1.165, 1.54) is 12.1 Å². The normalized spacial score (nSPS) is 24.4. The van der Waals surface area contributed by atoms with Gasteiger partial charge in [-0.3, -0.25) is 4.79 Å². The van der Waals surface area contributed by atoms with Crippen molar-refractivity contribution in [2.75, 3.05) is 11.9 Å². The molecule has 1 heterocycles. The van der Waals surface area contributed by atoms with Crippen molar-refractivity contribution < 1.29 is 9.18 Å². The van der Waals surface area contributed by atoms with Gasteiger partial charge >= 0.3 is 0 Å². The zero-order valence-electron chi connectivity index (χ0n) is 9.22. The smallest absolute Gasteiger partial charge is 0.244 e. The molecule has 0 spiro atoms. The van der Waals surface area contributed by atoms with Crippen LogP contribution in [0.2, 0.25) is 0 Å². The van der Waals surface area contributed by atoms with Crippen LogP contribution in [0.4, 0.5) is 10.1 Å². The van der Waals surface area contributed by atoms with E-state index >= 15 is 0 Å². The van der Waals surface area contributed by atoms with Gasteiger partial charge in [0.05, 0.1) is 5.54 Å². The van der Waals surface area contributed by atoms with E-state index in [4.69, 9.17) is 0 Å². The van der Waals surface area contributed by atoms with Crippen LogP contribution in [-0.2, 0) is 4.79 Å². The van der Waals surface area contributed by atoms with E-state index in [2.05, 4.69) is 10.6 Å². The second-order valence-corrected chi connectivity index (χ2v) is 4.33. The lowest BCUT2D eigenvalue weighted by Crippen LogP contribution is -2.47. The average molecular weight is 222 g/mol. The maximum Gasteiger partial charge on any atom is 0.244 e. The van der Waals surface area contributed by atoms with Crippen molar-refractivity contribution in [2.24, 2.45) is 0 Å². The van der Waals surface area contributed by atoms with Crippen LogP contribution in [0, 0.1) is 5.82 Å². The molecule has 1 aromatic carbocycles. The second kappa shape index (κ2) is 4.22. The highest BCUT2D eigenvalue weighted by Crippen LogP contribution is 2.21. The molecule has 1 amide bonds. The third kappa shape index (κ3) is 2.22. The lowest BCUT2D eigenvalue weighted by atomic mass is 9.99. The van der Waals surface area contributed by atoms with Crippen LogP contribution < -0.4 is 10.6 Å². The third-order valence-corrected chi connectivity index (χ3v) is 2.95. The molecule has 1 aliphatic rings. The minimum atomic E-state index is -0.522. The first-order valence-corrected chi connectivity index (χ1v) is 5.42. The van der Waals surface area contributed by atoms with Crippen molar-refractivity contribution in [1.29, 1.82) is 0 Å². The van der Waals surface area contributed by atoms with E-state index in [1.807, 2.05) is 6.92 Å². The first-order valence-electron chi connectivity index (χ1n) is 5.42. The third-order valence-electron chi connectivity index (χ3n) is 2.95. The number of rotatable bonds is 2. The summed E-state index contributed by atoms with van der Waals surface area (Å²) in [7, 11) is 0. The maximum atomic E-state index is 12.9. The molecular weight excluding hydrogens is 207 g/mol. The molecule has 1 aromatic rings. The first-order chi connectivity index (χ1) is 7.60. The molecule has 1 unspecified atom stereocenters. The van der Waals surface area contributed by atoms with Gasteiger partial charge < -0.3 is 10.6 Å². The maximum absolute atomic E-state index is 12.9. The van der Waals surface area contributed by atoms with Crippen molar-refractivity contribution in [2.45, 2.75) is 25.3 Å². The molecular formula is C12H15FN2O. The van der Waals surface area contributed by atoms with Crippen LogP contribution >= 0.6 is 0 Å². The highest BCUT2D eigenvalue weighted by molar-refractivity contribution is 5.98. The number of hydrogen-bond acceptors (Lipinski definition) is 2. The van der Waals surface area contributed by atoms with Gasteiger partial charge in [-0.1, -0.05) is 6.07 Å². The Labute approximate surface area is 94.0 Å². The summed E-state index contributed by atoms with van der Waals surface area (Å²) >= 11 is 0. The van der Waals surface area contributed by atoms with E-state index in [9.17, 15) is 9.18 Å². The SMILES string of the molecule is CC1(C(=O)Nc2cccc(F)c2)CCCN1. The number of nitrogens with one attached hydrogen (secondary N) is 2. The molecule has 0 bridgehead atoms. The highest BCUT2D eigenvalue weighted by atomic mass is 19.1. The molecule has 1 atom stereocenters. The van der Waals surface area contributed by atoms with E-state index < -0.39 is 5.54 Å². The summed E-state index contributed by atoms with van der Waals surface area (Å²) in [6.07, 6.45) is 1.81. The van der Waals surface area contributed by atoms with Gasteiger partial charge in [-0.2, -0.15) is 0 Å². The van der Waals surface area contributed by atoms with E-state index in [1.54, 1.807) is 12.1 Å². The average Bonchev–Trinajstić information content (AvgIpc) is 2.66. The second-order valence-electron chi connectivity index (χ2n) is 4.33. The van der Waals surface area contributed by atoms with Gasteiger partial charge in [0.25, 0.3) is 0 Å². The molecule has 0 aliphatic carbocycles. The Bertz CT molecular complexity index is 400. The molecule has 86 valence electrons. The molecule has 4 heteroatoms. The summed E-state index contributed by atoms with van der Waals surface area (Å²) < 4.78 is 12.9. The van der Waals surface area contributed by atoms with Crippen LogP contribution in [0.15, 0.2) is 24.3 Å². The Morgan fingerprint density at radius 1 is 1.56 bits per heavy atom. The van der Waals surface area contributed by atoms with E-state index in [0.717, 1.165) is 19.4 Å². The number of halogens is 1. The lowest BCUT2D eigenvalue weighted by molar-refractivity contribution is -0.121. The number of carbonyl (C=O) groups is 1. The Morgan fingerprint density at radius 2 is 2.38 bits per heavy atom. The quantitative estimate of drug-likeness (QED) is 0.802. The van der Waals surface area contributed by atoms with Gasteiger partial charge in [-0.25, -0.2) is 4.39 Å². The van der Waals surface area contributed by atoms with Crippen molar-refractivity contribution in [3.05, 3.63) is 30.1 Å². The fourth-order valence-corrected chi connectivity index (χ4v) is 1.92. The van der Waals surface area contributed by atoms with Crippen LogP contribution in [0.5, 0.6) is 0 Å². The predicted molar refractivity (Wildman–Crippen MR) is 60.7 cm³/mol. The van der Waals surface area contributed by atoms with Crippen molar-refractivity contribution in [3.8, 4) is 0 Å². The van der Waals surface area contributed by atoms with Crippen molar-refractivity contribution >= 4 is 11.6 Å². The summed E-state index contributed by atoms with van der Waals surface area (Å²) in [5, 5.41) is 5.89. The minimum absolute atomic E-state index is 0.101. The van der Waals surface area contributed by atoms with Gasteiger partial charge in [-0.15, -0.1) is 0 Å². The fourth-order valence-electron chi connectivity index (χ4n) is 1.92. The molecule has 16 heavy (non-hydrogen) atoms. The summed E-state index contributed by atoms with van der Waals surface area (Å²) in [4.78, 5) is 12.0. The minimum Gasteiger partial charge on any atom is -0.324 e. The zero-order valence-corrected chi connectivity index (χ0v) is 9.22. The highest BCUT2D eigenvalue weighted by Gasteiger charge is 2.35. The van der Waals surface area contributed by atoms with Gasteiger partial charge in [-0.05, 0) is 44.5 Å². The topological polar surface area (TPSA) is 41.1 Å². The van der Waals surface area contributed by atoms with Gasteiger partial charge in [0.1, 0.15) is 5.82 Å². The van der Waals surface area contributed by atoms with Crippen molar-refractivity contribution in [3.63, 3.8) is 0 Å². The number of hydrogen-bond donors (Lipinski definition) is 2. The molecule has 0 aromatic heterocycles. The summed E-state index contributed by atoms with van der Waals surface area (Å²) in [5.41, 5.74) is -0.0216. The van der Waals surface area contributed by atoms with Gasteiger partial charge in [0.2, 0.25) is 5.91 Å². The summed E-state index contributed by atoms with van der Waals surface area (Å²) in [6, 6.07) is 5.93. The molecule has 1 saturated heterocycles. The molecule has 2 rings (SSSR count). The monoisotopic (exact) mass is 222 g/mol.